The third kappa shape index (κ3) is 4.49. The number of furan rings is 1. The van der Waals surface area contributed by atoms with Crippen molar-refractivity contribution in [3.8, 4) is 0 Å². The quantitative estimate of drug-likeness (QED) is 0.668. The Morgan fingerprint density at radius 1 is 1.30 bits per heavy atom. The number of benzene rings is 1. The Kier molecular flexibility index (Phi) is 6.04. The van der Waals surface area contributed by atoms with Crippen LogP contribution in [0.15, 0.2) is 47.1 Å². The Hall–Kier alpha value is -2.86. The Balaban J connectivity index is 1.73. The SMILES string of the molecule is CCC(=O)N(Cc1ccco1)Cc1cc2ccc(C)cc2nc1N1CCCC(O)C1. The molecule has 1 aromatic carbocycles. The van der Waals surface area contributed by atoms with E-state index in [1.54, 1.807) is 6.26 Å². The average Bonchev–Trinajstić information content (AvgIpc) is 3.25. The van der Waals surface area contributed by atoms with Crippen molar-refractivity contribution in [3.63, 3.8) is 0 Å². The van der Waals surface area contributed by atoms with Gasteiger partial charge in [0.05, 0.1) is 24.4 Å². The van der Waals surface area contributed by atoms with Crippen molar-refractivity contribution in [1.82, 2.24) is 9.88 Å². The van der Waals surface area contributed by atoms with E-state index in [-0.39, 0.29) is 12.0 Å². The molecule has 6 heteroatoms. The van der Waals surface area contributed by atoms with Gasteiger partial charge in [-0.05, 0) is 49.6 Å². The smallest absolute Gasteiger partial charge is 0.222 e. The molecule has 1 amide bonds. The first-order chi connectivity index (χ1) is 14.5. The van der Waals surface area contributed by atoms with E-state index in [1.807, 2.05) is 24.0 Å². The number of aliphatic hydroxyl groups excluding tert-OH is 1. The van der Waals surface area contributed by atoms with Crippen LogP contribution in [0.25, 0.3) is 10.9 Å². The summed E-state index contributed by atoms with van der Waals surface area (Å²) in [5, 5.41) is 11.3. The molecular formula is C24H29N3O3. The number of fused-ring (bicyclic) bond motifs is 1. The van der Waals surface area contributed by atoms with Gasteiger partial charge in [0.1, 0.15) is 11.6 Å². The van der Waals surface area contributed by atoms with E-state index in [4.69, 9.17) is 9.40 Å². The molecule has 2 aromatic heterocycles. The average molecular weight is 408 g/mol. The number of carbonyl (C=O) groups excluding carboxylic acids is 1. The minimum absolute atomic E-state index is 0.0695. The summed E-state index contributed by atoms with van der Waals surface area (Å²) < 4.78 is 5.49. The van der Waals surface area contributed by atoms with E-state index in [9.17, 15) is 9.90 Å². The normalized spacial score (nSPS) is 16.8. The van der Waals surface area contributed by atoms with Crippen molar-refractivity contribution >= 4 is 22.6 Å². The van der Waals surface area contributed by atoms with Gasteiger partial charge in [0.15, 0.2) is 0 Å². The largest absolute Gasteiger partial charge is 0.467 e. The zero-order chi connectivity index (χ0) is 21.1. The molecular weight excluding hydrogens is 378 g/mol. The monoisotopic (exact) mass is 407 g/mol. The molecule has 3 aromatic rings. The number of nitrogens with zero attached hydrogens (tertiary/aromatic N) is 3. The second-order valence-electron chi connectivity index (χ2n) is 8.09. The van der Waals surface area contributed by atoms with Crippen molar-refractivity contribution < 1.29 is 14.3 Å². The molecule has 30 heavy (non-hydrogen) atoms. The number of hydrogen-bond acceptors (Lipinski definition) is 5. The predicted molar refractivity (Wildman–Crippen MR) is 117 cm³/mol. The lowest BCUT2D eigenvalue weighted by molar-refractivity contribution is -0.132. The number of aryl methyl sites for hydroxylation is 1. The molecule has 0 bridgehead atoms. The fourth-order valence-electron chi connectivity index (χ4n) is 4.10. The van der Waals surface area contributed by atoms with E-state index in [0.717, 1.165) is 53.0 Å². The Labute approximate surface area is 177 Å². The summed E-state index contributed by atoms with van der Waals surface area (Å²) in [6.07, 6.45) is 3.46. The van der Waals surface area contributed by atoms with Gasteiger partial charge in [-0.1, -0.05) is 19.1 Å². The van der Waals surface area contributed by atoms with Gasteiger partial charge in [-0.25, -0.2) is 4.98 Å². The Bertz CT molecular complexity index is 1020. The Morgan fingerprint density at radius 3 is 2.90 bits per heavy atom. The number of rotatable bonds is 6. The number of β-amino-alcohol motifs (C(OH)–C–C–N with tert-alkyl or cyclic N) is 1. The van der Waals surface area contributed by atoms with E-state index in [2.05, 4.69) is 36.1 Å². The molecule has 1 aliphatic heterocycles. The minimum atomic E-state index is -0.349. The van der Waals surface area contributed by atoms with Crippen LogP contribution in [0.5, 0.6) is 0 Å². The topological polar surface area (TPSA) is 69.8 Å². The number of aliphatic hydroxyl groups is 1. The molecule has 6 nitrogen and oxygen atoms in total. The summed E-state index contributed by atoms with van der Waals surface area (Å²) in [7, 11) is 0. The molecule has 0 saturated carbocycles. The lowest BCUT2D eigenvalue weighted by atomic mass is 10.1. The van der Waals surface area contributed by atoms with Crippen LogP contribution in [0.2, 0.25) is 0 Å². The number of hydrogen-bond donors (Lipinski definition) is 1. The molecule has 1 unspecified atom stereocenters. The van der Waals surface area contributed by atoms with Crippen LogP contribution in [-0.4, -0.2) is 40.1 Å². The highest BCUT2D eigenvalue weighted by molar-refractivity contribution is 5.83. The maximum atomic E-state index is 12.7. The van der Waals surface area contributed by atoms with E-state index < -0.39 is 0 Å². The highest BCUT2D eigenvalue weighted by Gasteiger charge is 2.24. The van der Waals surface area contributed by atoms with Crippen molar-refractivity contribution in [2.75, 3.05) is 18.0 Å². The molecule has 1 saturated heterocycles. The van der Waals surface area contributed by atoms with Crippen LogP contribution < -0.4 is 4.90 Å². The van der Waals surface area contributed by atoms with Gasteiger partial charge in [0.25, 0.3) is 0 Å². The molecule has 158 valence electrons. The van der Waals surface area contributed by atoms with Crippen LogP contribution in [0.3, 0.4) is 0 Å². The van der Waals surface area contributed by atoms with Gasteiger partial charge in [-0.3, -0.25) is 4.79 Å². The zero-order valence-electron chi connectivity index (χ0n) is 17.7. The number of pyridine rings is 1. The predicted octanol–water partition coefficient (Wildman–Crippen LogP) is 4.04. The summed E-state index contributed by atoms with van der Waals surface area (Å²) in [5.41, 5.74) is 3.09. The molecule has 0 radical (unpaired) electrons. The second-order valence-corrected chi connectivity index (χ2v) is 8.09. The van der Waals surface area contributed by atoms with Gasteiger partial charge in [0, 0.05) is 37.0 Å². The molecule has 1 aliphatic rings. The third-order valence-corrected chi connectivity index (χ3v) is 5.67. The number of amides is 1. The standard InChI is InChI=1S/C24H29N3O3/c1-3-23(29)27(16-21-7-5-11-30-21)14-19-13-18-9-8-17(2)12-22(18)25-24(19)26-10-4-6-20(28)15-26/h5,7-9,11-13,20,28H,3-4,6,10,14-16H2,1-2H3. The van der Waals surface area contributed by atoms with Crippen LogP contribution in [0.4, 0.5) is 5.82 Å². The van der Waals surface area contributed by atoms with E-state index >= 15 is 0 Å². The second kappa shape index (κ2) is 8.88. The Morgan fingerprint density at radius 2 is 2.17 bits per heavy atom. The fraction of sp³-hybridized carbons (Fsp3) is 0.417. The van der Waals surface area contributed by atoms with Crippen LogP contribution in [0.1, 0.15) is 43.1 Å². The molecule has 3 heterocycles. The first-order valence-electron chi connectivity index (χ1n) is 10.7. The van der Waals surface area contributed by atoms with E-state index in [1.165, 1.54) is 0 Å². The van der Waals surface area contributed by atoms with Crippen molar-refractivity contribution in [3.05, 3.63) is 59.5 Å². The molecule has 1 N–H and O–H groups in total. The van der Waals surface area contributed by atoms with Crippen molar-refractivity contribution in [2.45, 2.75) is 52.3 Å². The summed E-state index contributed by atoms with van der Waals surface area (Å²) in [4.78, 5) is 21.7. The molecule has 1 fully saturated rings. The highest BCUT2D eigenvalue weighted by Crippen LogP contribution is 2.28. The summed E-state index contributed by atoms with van der Waals surface area (Å²) in [5.74, 6) is 1.69. The highest BCUT2D eigenvalue weighted by atomic mass is 16.3. The first kappa shape index (κ1) is 20.4. The summed E-state index contributed by atoms with van der Waals surface area (Å²) >= 11 is 0. The van der Waals surface area contributed by atoms with Gasteiger partial charge in [0.2, 0.25) is 5.91 Å². The zero-order valence-corrected chi connectivity index (χ0v) is 17.7. The van der Waals surface area contributed by atoms with Crippen LogP contribution in [0, 0.1) is 6.92 Å². The van der Waals surface area contributed by atoms with Crippen LogP contribution in [-0.2, 0) is 17.9 Å². The van der Waals surface area contributed by atoms with E-state index in [0.29, 0.717) is 26.1 Å². The number of anilines is 1. The molecule has 4 rings (SSSR count). The number of carbonyl (C=O) groups is 1. The van der Waals surface area contributed by atoms with Gasteiger partial charge in [-0.2, -0.15) is 0 Å². The van der Waals surface area contributed by atoms with Gasteiger partial charge in [-0.15, -0.1) is 0 Å². The maximum absolute atomic E-state index is 12.7. The maximum Gasteiger partial charge on any atom is 0.222 e. The molecule has 0 aliphatic carbocycles. The first-order valence-corrected chi connectivity index (χ1v) is 10.7. The summed E-state index contributed by atoms with van der Waals surface area (Å²) in [6.45, 7) is 6.23. The fourth-order valence-corrected chi connectivity index (χ4v) is 4.10. The summed E-state index contributed by atoms with van der Waals surface area (Å²) in [6, 6.07) is 12.1. The molecule has 1 atom stereocenters. The number of piperidine rings is 1. The van der Waals surface area contributed by atoms with Crippen molar-refractivity contribution in [1.29, 1.82) is 0 Å². The van der Waals surface area contributed by atoms with Crippen molar-refractivity contribution in [2.24, 2.45) is 0 Å². The number of aromatic nitrogens is 1. The third-order valence-electron chi connectivity index (χ3n) is 5.67. The molecule has 0 spiro atoms. The van der Waals surface area contributed by atoms with Crippen LogP contribution >= 0.6 is 0 Å². The lowest BCUT2D eigenvalue weighted by Crippen LogP contribution is -2.40. The lowest BCUT2D eigenvalue weighted by Gasteiger charge is -2.33. The van der Waals surface area contributed by atoms with Gasteiger partial charge < -0.3 is 19.3 Å². The van der Waals surface area contributed by atoms with Gasteiger partial charge >= 0.3 is 0 Å². The minimum Gasteiger partial charge on any atom is -0.467 e.